The van der Waals surface area contributed by atoms with E-state index >= 15 is 0 Å². The third-order valence-electron chi connectivity index (χ3n) is 2.78. The van der Waals surface area contributed by atoms with Crippen molar-refractivity contribution in [2.75, 3.05) is 7.11 Å². The summed E-state index contributed by atoms with van der Waals surface area (Å²) in [5.41, 5.74) is 1.56. The van der Waals surface area contributed by atoms with Crippen molar-refractivity contribution in [3.05, 3.63) is 35.4 Å². The van der Waals surface area contributed by atoms with Crippen molar-refractivity contribution in [3.63, 3.8) is 0 Å². The highest BCUT2D eigenvalue weighted by Gasteiger charge is 2.23. The van der Waals surface area contributed by atoms with Crippen LogP contribution in [0.3, 0.4) is 0 Å². The molecule has 4 nitrogen and oxygen atoms in total. The molecule has 0 fully saturated rings. The molecule has 0 saturated heterocycles. The summed E-state index contributed by atoms with van der Waals surface area (Å²) in [6.07, 6.45) is 0.560. The molecule has 0 radical (unpaired) electrons. The Morgan fingerprint density at radius 2 is 2.00 bits per heavy atom. The maximum Gasteiger partial charge on any atom is 0.328 e. The molecule has 0 saturated carbocycles. The molecule has 1 amide bonds. The Bertz CT molecular complexity index is 454. The van der Waals surface area contributed by atoms with Gasteiger partial charge in [-0.3, -0.25) is 4.79 Å². The van der Waals surface area contributed by atoms with Crippen molar-refractivity contribution in [3.8, 4) is 0 Å². The van der Waals surface area contributed by atoms with Gasteiger partial charge in [-0.2, -0.15) is 0 Å². The highest BCUT2D eigenvalue weighted by molar-refractivity contribution is 5.96. The van der Waals surface area contributed by atoms with E-state index in [1.807, 2.05) is 32.9 Å². The minimum Gasteiger partial charge on any atom is -0.467 e. The number of esters is 1. The van der Waals surface area contributed by atoms with Gasteiger partial charge in [0.05, 0.1) is 7.11 Å². The first-order valence-electron chi connectivity index (χ1n) is 6.39. The highest BCUT2D eigenvalue weighted by Crippen LogP contribution is 2.09. The van der Waals surface area contributed by atoms with E-state index in [4.69, 9.17) is 4.74 Å². The second-order valence-electron chi connectivity index (χ2n) is 5.05. The van der Waals surface area contributed by atoms with Crippen LogP contribution in [0.2, 0.25) is 0 Å². The monoisotopic (exact) mass is 263 g/mol. The molecule has 0 aliphatic heterocycles. The number of carbonyl (C=O) groups excluding carboxylic acids is 2. The molecular weight excluding hydrogens is 242 g/mol. The van der Waals surface area contributed by atoms with Gasteiger partial charge in [-0.15, -0.1) is 0 Å². The van der Waals surface area contributed by atoms with Crippen LogP contribution in [0, 0.1) is 12.8 Å². The maximum absolute atomic E-state index is 12.1. The van der Waals surface area contributed by atoms with Gasteiger partial charge >= 0.3 is 5.97 Å². The summed E-state index contributed by atoms with van der Waals surface area (Å²) in [7, 11) is 1.33. The van der Waals surface area contributed by atoms with Crippen molar-refractivity contribution in [2.45, 2.75) is 33.2 Å². The molecule has 19 heavy (non-hydrogen) atoms. The Labute approximate surface area is 114 Å². The Morgan fingerprint density at radius 1 is 1.32 bits per heavy atom. The van der Waals surface area contributed by atoms with Crippen LogP contribution in [-0.4, -0.2) is 25.0 Å². The fourth-order valence-electron chi connectivity index (χ4n) is 1.86. The van der Waals surface area contributed by atoms with E-state index in [0.717, 1.165) is 5.56 Å². The van der Waals surface area contributed by atoms with Crippen molar-refractivity contribution >= 4 is 11.9 Å². The third-order valence-corrected chi connectivity index (χ3v) is 2.78. The third kappa shape index (κ3) is 4.73. The molecule has 0 spiro atoms. The van der Waals surface area contributed by atoms with E-state index < -0.39 is 12.0 Å². The van der Waals surface area contributed by atoms with Gasteiger partial charge in [0.15, 0.2) is 0 Å². The Morgan fingerprint density at radius 3 is 2.53 bits per heavy atom. The number of benzene rings is 1. The first-order valence-corrected chi connectivity index (χ1v) is 6.39. The average Bonchev–Trinajstić information content (AvgIpc) is 2.36. The minimum atomic E-state index is -0.599. The van der Waals surface area contributed by atoms with Gasteiger partial charge in [0.2, 0.25) is 0 Å². The fraction of sp³-hybridized carbons (Fsp3) is 0.467. The number of aryl methyl sites for hydroxylation is 1. The molecule has 0 aromatic heterocycles. The molecule has 0 heterocycles. The van der Waals surface area contributed by atoms with Gasteiger partial charge in [-0.05, 0) is 31.4 Å². The molecule has 1 N–H and O–H groups in total. The van der Waals surface area contributed by atoms with E-state index in [9.17, 15) is 9.59 Å². The van der Waals surface area contributed by atoms with Crippen LogP contribution in [0.25, 0.3) is 0 Å². The smallest absolute Gasteiger partial charge is 0.328 e. The molecule has 1 aromatic rings. The zero-order valence-electron chi connectivity index (χ0n) is 11.9. The maximum atomic E-state index is 12.1. The zero-order chi connectivity index (χ0) is 14.4. The van der Waals surface area contributed by atoms with Gasteiger partial charge in [-0.1, -0.05) is 31.5 Å². The second kappa shape index (κ2) is 6.92. The molecular formula is C15H21NO3. The summed E-state index contributed by atoms with van der Waals surface area (Å²) in [5, 5.41) is 2.73. The topological polar surface area (TPSA) is 55.4 Å². The zero-order valence-corrected chi connectivity index (χ0v) is 11.9. The summed E-state index contributed by atoms with van der Waals surface area (Å²) in [5.74, 6) is -0.364. The molecule has 0 bridgehead atoms. The summed E-state index contributed by atoms with van der Waals surface area (Å²) in [4.78, 5) is 23.7. The minimum absolute atomic E-state index is 0.250. The lowest BCUT2D eigenvalue weighted by molar-refractivity contribution is -0.143. The number of amides is 1. The van der Waals surface area contributed by atoms with Gasteiger partial charge < -0.3 is 10.1 Å². The number of nitrogens with one attached hydrogen (secondary N) is 1. The quantitative estimate of drug-likeness (QED) is 0.829. The number of ether oxygens (including phenoxy) is 1. The SMILES string of the molecule is COC(=O)C(CC(C)C)NC(=O)c1cccc(C)c1. The molecule has 104 valence electrons. The largest absolute Gasteiger partial charge is 0.467 e. The Balaban J connectivity index is 2.78. The van der Waals surface area contributed by atoms with Crippen LogP contribution < -0.4 is 5.32 Å². The van der Waals surface area contributed by atoms with Crippen LogP contribution in [0.5, 0.6) is 0 Å². The predicted octanol–water partition coefficient (Wildman–Crippen LogP) is 2.31. The molecule has 1 rings (SSSR count). The molecule has 1 unspecified atom stereocenters. The normalized spacial score (nSPS) is 12.1. The number of carbonyl (C=O) groups is 2. The van der Waals surface area contributed by atoms with Crippen molar-refractivity contribution in [2.24, 2.45) is 5.92 Å². The van der Waals surface area contributed by atoms with Crippen LogP contribution in [-0.2, 0) is 9.53 Å². The van der Waals surface area contributed by atoms with Crippen molar-refractivity contribution in [1.82, 2.24) is 5.32 Å². The Kier molecular flexibility index (Phi) is 5.55. The fourth-order valence-corrected chi connectivity index (χ4v) is 1.86. The van der Waals surface area contributed by atoms with Crippen molar-refractivity contribution in [1.29, 1.82) is 0 Å². The van der Waals surface area contributed by atoms with E-state index in [1.165, 1.54) is 7.11 Å². The average molecular weight is 263 g/mol. The number of hydrogen-bond acceptors (Lipinski definition) is 3. The van der Waals surface area contributed by atoms with Gasteiger partial charge in [0, 0.05) is 5.56 Å². The van der Waals surface area contributed by atoms with E-state index in [-0.39, 0.29) is 5.91 Å². The van der Waals surface area contributed by atoms with E-state index in [1.54, 1.807) is 12.1 Å². The van der Waals surface area contributed by atoms with Crippen LogP contribution in [0.15, 0.2) is 24.3 Å². The van der Waals surface area contributed by atoms with Gasteiger partial charge in [0.25, 0.3) is 5.91 Å². The van der Waals surface area contributed by atoms with E-state index in [0.29, 0.717) is 17.9 Å². The van der Waals surface area contributed by atoms with Crippen LogP contribution >= 0.6 is 0 Å². The number of hydrogen-bond donors (Lipinski definition) is 1. The number of methoxy groups -OCH3 is 1. The van der Waals surface area contributed by atoms with Gasteiger partial charge in [-0.25, -0.2) is 4.79 Å². The first kappa shape index (κ1) is 15.2. The lowest BCUT2D eigenvalue weighted by Gasteiger charge is -2.18. The summed E-state index contributed by atoms with van der Waals surface area (Å²) >= 11 is 0. The lowest BCUT2D eigenvalue weighted by Crippen LogP contribution is -2.42. The predicted molar refractivity (Wildman–Crippen MR) is 73.9 cm³/mol. The number of rotatable bonds is 5. The summed E-state index contributed by atoms with van der Waals surface area (Å²) < 4.78 is 4.72. The van der Waals surface area contributed by atoms with Crippen molar-refractivity contribution < 1.29 is 14.3 Å². The lowest BCUT2D eigenvalue weighted by atomic mass is 10.0. The van der Waals surface area contributed by atoms with E-state index in [2.05, 4.69) is 5.32 Å². The highest BCUT2D eigenvalue weighted by atomic mass is 16.5. The Hall–Kier alpha value is -1.84. The molecule has 1 aromatic carbocycles. The molecule has 1 atom stereocenters. The first-order chi connectivity index (χ1) is 8.93. The molecule has 4 heteroatoms. The summed E-state index contributed by atoms with van der Waals surface area (Å²) in [6.45, 7) is 5.91. The molecule has 0 aliphatic rings. The standard InChI is InChI=1S/C15H21NO3/c1-10(2)8-13(15(18)19-4)16-14(17)12-7-5-6-11(3)9-12/h5-7,9-10,13H,8H2,1-4H3,(H,16,17). The van der Waals surface area contributed by atoms with Crippen LogP contribution in [0.1, 0.15) is 36.2 Å². The molecule has 0 aliphatic carbocycles. The van der Waals surface area contributed by atoms with Crippen LogP contribution in [0.4, 0.5) is 0 Å². The van der Waals surface area contributed by atoms with Gasteiger partial charge in [0.1, 0.15) is 6.04 Å². The second-order valence-corrected chi connectivity index (χ2v) is 5.05. The summed E-state index contributed by atoms with van der Waals surface area (Å²) in [6, 6.07) is 6.66.